The second-order valence-corrected chi connectivity index (χ2v) is 26.8. The lowest BCUT2D eigenvalue weighted by molar-refractivity contribution is -0.284. The van der Waals surface area contributed by atoms with Crippen LogP contribution >= 0.6 is 0 Å². The molecule has 5 aliphatic rings. The Morgan fingerprint density at radius 1 is 0.285 bits per heavy atom. The van der Waals surface area contributed by atoms with Crippen molar-refractivity contribution < 1.29 is 238 Å². The van der Waals surface area contributed by atoms with E-state index in [0.29, 0.717) is 42.5 Å². The maximum absolute atomic E-state index is 15.4. The highest BCUT2D eigenvalue weighted by Crippen LogP contribution is 2.59. The van der Waals surface area contributed by atoms with Gasteiger partial charge in [-0.2, -0.15) is 0 Å². The van der Waals surface area contributed by atoms with E-state index in [1.165, 1.54) is 0 Å². The van der Waals surface area contributed by atoms with Gasteiger partial charge in [0.2, 0.25) is 58.4 Å². The molecule has 5 aliphatic heterocycles. The van der Waals surface area contributed by atoms with Crippen LogP contribution < -0.4 is 4.74 Å². The average molecular weight is 1720 g/mol. The fourth-order valence-electron chi connectivity index (χ4n) is 13.6. The quantitative estimate of drug-likeness (QED) is 0.0591. The van der Waals surface area contributed by atoms with E-state index in [1.807, 2.05) is 0 Å². The largest absolute Gasteiger partial charge is 0.504 e. The van der Waals surface area contributed by atoms with Crippen molar-refractivity contribution in [1.82, 2.24) is 0 Å². The minimum Gasteiger partial charge on any atom is -0.504 e. The lowest BCUT2D eigenvalue weighted by atomic mass is 9.91. The Morgan fingerprint density at radius 2 is 0.585 bits per heavy atom. The molecule has 10 atom stereocenters. The summed E-state index contributed by atoms with van der Waals surface area (Å²) < 4.78 is 67.9. The van der Waals surface area contributed by atoms with Crippen molar-refractivity contribution in [3.8, 4) is 194 Å². The molecule has 123 heavy (non-hydrogen) atoms. The summed E-state index contributed by atoms with van der Waals surface area (Å²) in [4.78, 5) is 133. The highest BCUT2D eigenvalue weighted by molar-refractivity contribution is 6.12. The molecule has 0 saturated carbocycles. The predicted octanol–water partition coefficient (Wildman–Crippen LogP) is 2.73. The standard InChI is InChI=1S/C75H52O48/c76-23-1-14(2-24(77)42(23)86)65(102)119-62-60-35(13-113-67(104)16-5-27(80)44(88)51(95)36(16)37-17(70(107)118-60)6-28(81)45(89)52(37)96)116-75(64(62)122-66(103)15-3-25(78)43(87)26(79)4-15)123-73(110)22-10-32(85)49(93)57(101)58(22)114-33-11-21-41(56(100)50(33)94)40-18(7-29(82)48(92)55(40)99)69(106)117-59-34(12-112-68(21)105)115-74(111)63-61(59)120-71(108)19-8-30(83)46(90)53(97)38(19)39-20(72(109)121-63)9-31(84)47(91)54(39)98/h1-11,34-35,59-64,74-101,111H,12-13H2. The fraction of sp³-hybridized carbons (Fsp3) is 0.160. The summed E-state index contributed by atoms with van der Waals surface area (Å²) in [5.74, 6) is -60.1. The van der Waals surface area contributed by atoms with Gasteiger partial charge in [-0.25, -0.2) is 43.2 Å². The van der Waals surface area contributed by atoms with Crippen LogP contribution in [0.4, 0.5) is 0 Å². The van der Waals surface area contributed by atoms with Crippen LogP contribution in [0.2, 0.25) is 0 Å². The summed E-state index contributed by atoms with van der Waals surface area (Å²) in [6.45, 7) is -3.06. The van der Waals surface area contributed by atoms with Crippen molar-refractivity contribution >= 4 is 53.7 Å². The van der Waals surface area contributed by atoms with Gasteiger partial charge in [-0.15, -0.1) is 0 Å². The van der Waals surface area contributed by atoms with Gasteiger partial charge in [-0.1, -0.05) is 0 Å². The Morgan fingerprint density at radius 3 is 0.976 bits per heavy atom. The first-order chi connectivity index (χ1) is 57.9. The Labute approximate surface area is 675 Å². The number of esters is 9. The Bertz CT molecular complexity index is 6140. The van der Waals surface area contributed by atoms with Gasteiger partial charge in [0.15, 0.2) is 152 Å². The number of cyclic esters (lactones) is 2. The van der Waals surface area contributed by atoms with Gasteiger partial charge in [-0.05, 0) is 54.6 Å². The zero-order chi connectivity index (χ0) is 89.5. The number of fused-ring (bicyclic) bond motifs is 13. The predicted molar refractivity (Wildman–Crippen MR) is 379 cm³/mol. The second-order valence-electron chi connectivity index (χ2n) is 26.8. The first kappa shape index (κ1) is 82.2. The van der Waals surface area contributed by atoms with Gasteiger partial charge in [0, 0.05) is 45.5 Å². The normalized spacial score (nSPS) is 20.4. The molecule has 0 aromatic heterocycles. The monoisotopic (exact) mass is 1720 g/mol. The lowest BCUT2D eigenvalue weighted by Gasteiger charge is -2.43. The van der Waals surface area contributed by atoms with Gasteiger partial charge in [-0.3, -0.25) is 0 Å². The topological polar surface area (TPSA) is 811 Å². The number of carbonyl (C=O) groups is 9. The third-order valence-corrected chi connectivity index (χ3v) is 19.5. The zero-order valence-electron chi connectivity index (χ0n) is 60.2. The molecule has 48 heteroatoms. The van der Waals surface area contributed by atoms with Gasteiger partial charge < -0.3 is 195 Å². The number of hydrogen-bond donors (Lipinski definition) is 27. The Kier molecular flexibility index (Phi) is 20.1. The number of carbonyl (C=O) groups excluding carboxylic acids is 9. The highest BCUT2D eigenvalue weighted by Gasteiger charge is 2.58. The fourth-order valence-corrected chi connectivity index (χ4v) is 13.6. The summed E-state index contributed by atoms with van der Waals surface area (Å²) in [7, 11) is 0. The second kappa shape index (κ2) is 30.0. The van der Waals surface area contributed by atoms with Gasteiger partial charge in [0.25, 0.3) is 0 Å². The smallest absolute Gasteiger partial charge is 0.344 e. The van der Waals surface area contributed by atoms with E-state index in [2.05, 4.69) is 0 Å². The van der Waals surface area contributed by atoms with E-state index in [1.54, 1.807) is 0 Å². The summed E-state index contributed by atoms with van der Waals surface area (Å²) in [6, 6.07) is 3.41. The van der Waals surface area contributed by atoms with E-state index < -0.39 is 373 Å². The molecule has 0 spiro atoms. The third-order valence-electron chi connectivity index (χ3n) is 19.5. The molecule has 5 heterocycles. The average Bonchev–Trinajstić information content (AvgIpc) is 1.55. The first-order valence-corrected chi connectivity index (χ1v) is 34.2. The lowest BCUT2D eigenvalue weighted by Crippen LogP contribution is -2.63. The Balaban J connectivity index is 0.880. The van der Waals surface area contributed by atoms with Crippen LogP contribution in [0, 0.1) is 0 Å². The number of benzene rings is 9. The van der Waals surface area contributed by atoms with Crippen LogP contribution in [-0.2, 0) is 52.1 Å². The summed E-state index contributed by atoms with van der Waals surface area (Å²) >= 11 is 0. The number of phenols is 26. The molecule has 2 fully saturated rings. The summed E-state index contributed by atoms with van der Waals surface area (Å²) in [6.07, 6.45) is -27.2. The van der Waals surface area contributed by atoms with Crippen molar-refractivity contribution in [2.75, 3.05) is 13.2 Å². The summed E-state index contributed by atoms with van der Waals surface area (Å²) in [5, 5.41) is 297. The van der Waals surface area contributed by atoms with Crippen molar-refractivity contribution in [2.24, 2.45) is 0 Å². The molecule has 0 amide bonds. The van der Waals surface area contributed by atoms with Crippen LogP contribution in [0.1, 0.15) is 93.2 Å². The van der Waals surface area contributed by atoms with E-state index >= 15 is 4.79 Å². The molecular weight excluding hydrogens is 1670 g/mol. The number of aromatic hydroxyl groups is 26. The summed E-state index contributed by atoms with van der Waals surface area (Å²) in [5.41, 5.74) is -18.8. The molecule has 2 saturated heterocycles. The molecule has 9 aromatic rings. The van der Waals surface area contributed by atoms with Crippen molar-refractivity contribution in [1.29, 1.82) is 0 Å². The first-order valence-electron chi connectivity index (χ1n) is 34.2. The van der Waals surface area contributed by atoms with Crippen LogP contribution in [-0.4, -0.2) is 266 Å². The molecule has 9 aromatic carbocycles. The van der Waals surface area contributed by atoms with Crippen molar-refractivity contribution in [3.05, 3.63) is 117 Å². The number of rotatable bonds is 8. The van der Waals surface area contributed by atoms with E-state index in [4.69, 9.17) is 56.8 Å². The van der Waals surface area contributed by atoms with Crippen LogP contribution in [0.25, 0.3) is 33.4 Å². The van der Waals surface area contributed by atoms with Crippen LogP contribution in [0.15, 0.2) is 66.7 Å². The van der Waals surface area contributed by atoms with E-state index in [-0.39, 0.29) is 24.3 Å². The molecule has 27 N–H and O–H groups in total. The van der Waals surface area contributed by atoms with Crippen LogP contribution in [0.3, 0.4) is 0 Å². The highest BCUT2D eigenvalue weighted by atomic mass is 16.8. The molecule has 0 radical (unpaired) electrons. The van der Waals surface area contributed by atoms with Gasteiger partial charge in [0.1, 0.15) is 31.0 Å². The van der Waals surface area contributed by atoms with E-state index in [9.17, 15) is 176 Å². The minimum atomic E-state index is -3.08. The zero-order valence-corrected chi connectivity index (χ0v) is 60.2. The van der Waals surface area contributed by atoms with Crippen molar-refractivity contribution in [3.63, 3.8) is 0 Å². The number of phenolic OH excluding ortho intramolecular Hbond substituents is 26. The molecule has 0 bridgehead atoms. The molecule has 48 nitrogen and oxygen atoms in total. The maximum atomic E-state index is 15.4. The number of aliphatic hydroxyl groups is 1. The number of ether oxygens (including phenoxy) is 12. The number of aliphatic hydroxyl groups excluding tert-OH is 1. The Hall–Kier alpha value is -17.3. The van der Waals surface area contributed by atoms with Gasteiger partial charge >= 0.3 is 53.7 Å². The number of hydrogen-bond acceptors (Lipinski definition) is 48. The van der Waals surface area contributed by atoms with Gasteiger partial charge in [0.05, 0.1) is 44.5 Å². The van der Waals surface area contributed by atoms with Crippen molar-refractivity contribution in [2.45, 2.75) is 61.4 Å². The molecule has 640 valence electrons. The van der Waals surface area contributed by atoms with Crippen LogP contribution in [0.5, 0.6) is 161 Å². The third kappa shape index (κ3) is 13.6. The maximum Gasteiger partial charge on any atom is 0.344 e. The minimum absolute atomic E-state index is 0.110. The van der Waals surface area contributed by atoms with E-state index in [0.717, 1.165) is 0 Å². The SMILES string of the molecule is O=C(OC1C(OC(=O)c2cc(O)c(O)c(O)c2Oc2cc3c(c(O)c2O)-c2c(cc(O)c(O)c2O)C(=O)OC2C(COC3=O)OC(O)C3OC(=O)c4cc(O)c(O)c(O)c4-c4c(cc(O)c(O)c4O)C(=O)OC32)OC2COC(=O)c3cc(O)c(O)c(O)c3-c3c(cc(O)c(O)c3O)C(=O)OC2C1OC(=O)c1cc(O)c(O)c(O)c1)c1cc(O)c(O)c(O)c1. The molecule has 14 rings (SSSR count). The molecular formula is C75H52O48. The molecule has 10 unspecified atom stereocenters. The molecule has 0 aliphatic carbocycles.